The second-order valence-corrected chi connectivity index (χ2v) is 10.7. The molecule has 1 fully saturated rings. The van der Waals surface area contributed by atoms with Gasteiger partial charge in [-0.3, -0.25) is 14.7 Å². The molecule has 0 unspecified atom stereocenters. The number of carbonyl (C=O) groups is 4. The Morgan fingerprint density at radius 2 is 1.32 bits per heavy atom. The van der Waals surface area contributed by atoms with Crippen LogP contribution in [0.5, 0.6) is 0 Å². The maximum Gasteiger partial charge on any atom is 0.338 e. The summed E-state index contributed by atoms with van der Waals surface area (Å²) in [5.74, 6) is -2.65. The molecule has 1 N–H and O–H groups in total. The Morgan fingerprint density at radius 1 is 0.787 bits per heavy atom. The van der Waals surface area contributed by atoms with Gasteiger partial charge in [0.05, 0.1) is 23.0 Å². The summed E-state index contributed by atoms with van der Waals surface area (Å²) in [6, 6.07) is 24.8. The molecule has 1 aliphatic heterocycles. The van der Waals surface area contributed by atoms with E-state index >= 15 is 0 Å². The lowest BCUT2D eigenvalue weighted by atomic mass is 10.1. The van der Waals surface area contributed by atoms with Crippen LogP contribution < -0.4 is 5.32 Å². The first-order valence-corrected chi connectivity index (χ1v) is 14.7. The number of hydrogen-bond acceptors (Lipinski definition) is 11. The van der Waals surface area contributed by atoms with Crippen molar-refractivity contribution in [3.8, 4) is 0 Å². The van der Waals surface area contributed by atoms with Crippen LogP contribution in [0.2, 0.25) is 5.15 Å². The van der Waals surface area contributed by atoms with E-state index in [4.69, 9.17) is 30.5 Å². The van der Waals surface area contributed by atoms with Gasteiger partial charge in [0.2, 0.25) is 11.9 Å². The minimum atomic E-state index is -1.31. The molecule has 0 spiro atoms. The first kappa shape index (κ1) is 31.3. The van der Waals surface area contributed by atoms with Crippen molar-refractivity contribution in [2.45, 2.75) is 31.5 Å². The molecule has 1 saturated heterocycles. The van der Waals surface area contributed by atoms with Crippen molar-refractivity contribution in [1.29, 1.82) is 0 Å². The van der Waals surface area contributed by atoms with E-state index in [1.54, 1.807) is 91.0 Å². The number of benzene rings is 3. The fourth-order valence-corrected chi connectivity index (χ4v) is 5.18. The molecule has 3 heterocycles. The number of ether oxygens (including phenoxy) is 4. The first-order chi connectivity index (χ1) is 22.8. The van der Waals surface area contributed by atoms with Crippen LogP contribution in [0.1, 0.15) is 44.2 Å². The summed E-state index contributed by atoms with van der Waals surface area (Å²) in [5.41, 5.74) is 1.04. The Hall–Kier alpha value is -5.66. The van der Waals surface area contributed by atoms with Crippen LogP contribution in [0.25, 0.3) is 11.2 Å². The van der Waals surface area contributed by atoms with Crippen molar-refractivity contribution >= 4 is 52.5 Å². The van der Waals surface area contributed by atoms with E-state index in [0.29, 0.717) is 5.56 Å². The molecule has 1 aliphatic rings. The predicted octanol–water partition coefficient (Wildman–Crippen LogP) is 4.64. The molecule has 5 aromatic rings. The van der Waals surface area contributed by atoms with E-state index in [-0.39, 0.29) is 40.0 Å². The molecule has 0 radical (unpaired) electrons. The van der Waals surface area contributed by atoms with Crippen molar-refractivity contribution in [1.82, 2.24) is 19.5 Å². The van der Waals surface area contributed by atoms with Gasteiger partial charge in [-0.1, -0.05) is 66.2 Å². The van der Waals surface area contributed by atoms with Crippen molar-refractivity contribution < 1.29 is 38.1 Å². The third kappa shape index (κ3) is 6.95. The summed E-state index contributed by atoms with van der Waals surface area (Å²) in [4.78, 5) is 64.2. The molecule has 0 bridgehead atoms. The molecule has 0 saturated carbocycles. The third-order valence-corrected chi connectivity index (χ3v) is 7.38. The Labute approximate surface area is 272 Å². The standard InChI is InChI=1S/C33H26ClN5O8/c1-19(40)36-33-37-27(34)24-28(38-33)39(18-35-24)29-26(47-32(43)22-15-9-4-10-16-22)25(46-31(42)21-13-7-3-8-14-21)23(45-29)17-44-30(41)20-11-5-2-6-12-20/h2-16,18,23,25-26,29H,17H2,1H3,(H,36,37,38,40)/t23-,25-,26-,29-/m0/s1. The predicted molar refractivity (Wildman–Crippen MR) is 167 cm³/mol. The van der Waals surface area contributed by atoms with Gasteiger partial charge in [0.25, 0.3) is 0 Å². The highest BCUT2D eigenvalue weighted by atomic mass is 35.5. The van der Waals surface area contributed by atoms with Gasteiger partial charge in [-0.15, -0.1) is 0 Å². The number of esters is 3. The van der Waals surface area contributed by atoms with Gasteiger partial charge in [-0.2, -0.15) is 9.97 Å². The fraction of sp³-hybridized carbons (Fsp3) is 0.182. The molecule has 2 aromatic heterocycles. The molecule has 14 heteroatoms. The highest BCUT2D eigenvalue weighted by molar-refractivity contribution is 6.33. The van der Waals surface area contributed by atoms with Crippen LogP contribution in [0, 0.1) is 0 Å². The number of carbonyl (C=O) groups excluding carboxylic acids is 4. The topological polar surface area (TPSA) is 161 Å². The number of rotatable bonds is 9. The maximum absolute atomic E-state index is 13.4. The summed E-state index contributed by atoms with van der Waals surface area (Å²) >= 11 is 6.37. The smallest absolute Gasteiger partial charge is 0.338 e. The minimum absolute atomic E-state index is 0.0614. The molecule has 13 nitrogen and oxygen atoms in total. The zero-order valence-corrected chi connectivity index (χ0v) is 25.4. The lowest BCUT2D eigenvalue weighted by molar-refractivity contribution is -0.114. The second-order valence-electron chi connectivity index (χ2n) is 10.3. The van der Waals surface area contributed by atoms with Crippen LogP contribution >= 0.6 is 11.6 Å². The summed E-state index contributed by atoms with van der Waals surface area (Å²) in [5, 5.41) is 2.42. The highest BCUT2D eigenvalue weighted by Crippen LogP contribution is 2.37. The lowest BCUT2D eigenvalue weighted by Gasteiger charge is -2.25. The van der Waals surface area contributed by atoms with Gasteiger partial charge in [0, 0.05) is 6.92 Å². The molecule has 1 amide bonds. The monoisotopic (exact) mass is 655 g/mol. The molecule has 47 heavy (non-hydrogen) atoms. The molecule has 238 valence electrons. The normalized spacial score (nSPS) is 18.8. The zero-order chi connectivity index (χ0) is 32.9. The molecule has 6 rings (SSSR count). The van der Waals surface area contributed by atoms with E-state index < -0.39 is 48.4 Å². The largest absolute Gasteiger partial charge is 0.459 e. The molecule has 3 aromatic carbocycles. The third-order valence-electron chi connectivity index (χ3n) is 7.12. The Balaban J connectivity index is 1.40. The molecular formula is C33H26ClN5O8. The van der Waals surface area contributed by atoms with Gasteiger partial charge < -0.3 is 18.9 Å². The molecule has 0 aliphatic carbocycles. The number of fused-ring (bicyclic) bond motifs is 1. The van der Waals surface area contributed by atoms with Crippen LogP contribution in [-0.4, -0.2) is 68.3 Å². The molecular weight excluding hydrogens is 630 g/mol. The minimum Gasteiger partial charge on any atom is -0.459 e. The van der Waals surface area contributed by atoms with Crippen molar-refractivity contribution in [3.63, 3.8) is 0 Å². The van der Waals surface area contributed by atoms with Crippen molar-refractivity contribution in [2.75, 3.05) is 11.9 Å². The fourth-order valence-electron chi connectivity index (χ4n) is 4.96. The highest BCUT2D eigenvalue weighted by Gasteiger charge is 2.52. The van der Waals surface area contributed by atoms with Gasteiger partial charge in [0.15, 0.2) is 29.2 Å². The van der Waals surface area contributed by atoms with Gasteiger partial charge >= 0.3 is 17.9 Å². The van der Waals surface area contributed by atoms with Gasteiger partial charge in [-0.05, 0) is 36.4 Å². The summed E-state index contributed by atoms with van der Waals surface area (Å²) in [7, 11) is 0. The summed E-state index contributed by atoms with van der Waals surface area (Å²) < 4.78 is 25.3. The van der Waals surface area contributed by atoms with Crippen LogP contribution in [0.15, 0.2) is 97.3 Å². The van der Waals surface area contributed by atoms with Crippen molar-refractivity contribution in [3.05, 3.63) is 119 Å². The van der Waals surface area contributed by atoms with Gasteiger partial charge in [0.1, 0.15) is 18.2 Å². The van der Waals surface area contributed by atoms with Crippen LogP contribution in [-0.2, 0) is 23.7 Å². The maximum atomic E-state index is 13.4. The molecule has 4 atom stereocenters. The number of halogens is 1. The zero-order valence-electron chi connectivity index (χ0n) is 24.7. The average molecular weight is 656 g/mol. The number of nitrogens with one attached hydrogen (secondary N) is 1. The Kier molecular flexibility index (Phi) is 9.18. The number of aromatic nitrogens is 4. The second kappa shape index (κ2) is 13.8. The SMILES string of the molecule is CC(=O)Nc1nc(Cl)c2ncn([C@H]3O[C@@H](COC(=O)c4ccccc4)[C@H](OC(=O)c4ccccc4)[C@@H]3OC(=O)c3ccccc3)c2n1. The van der Waals surface area contributed by atoms with E-state index in [1.165, 1.54) is 17.8 Å². The number of anilines is 1. The average Bonchev–Trinajstić information content (AvgIpc) is 3.65. The van der Waals surface area contributed by atoms with Crippen molar-refractivity contribution in [2.24, 2.45) is 0 Å². The number of imidazole rings is 1. The lowest BCUT2D eigenvalue weighted by Crippen LogP contribution is -2.41. The Morgan fingerprint density at radius 3 is 1.87 bits per heavy atom. The number of hydrogen-bond donors (Lipinski definition) is 1. The quantitative estimate of drug-likeness (QED) is 0.134. The van der Waals surface area contributed by atoms with E-state index in [1.807, 2.05) is 0 Å². The Bertz CT molecular complexity index is 1920. The summed E-state index contributed by atoms with van der Waals surface area (Å²) in [6.07, 6.45) is -3.61. The van der Waals surface area contributed by atoms with Crippen LogP contribution in [0.3, 0.4) is 0 Å². The number of amides is 1. The van der Waals surface area contributed by atoms with E-state index in [9.17, 15) is 19.2 Å². The van der Waals surface area contributed by atoms with Gasteiger partial charge in [-0.25, -0.2) is 19.4 Å². The van der Waals surface area contributed by atoms with E-state index in [0.717, 1.165) is 0 Å². The van der Waals surface area contributed by atoms with E-state index in [2.05, 4.69) is 20.3 Å². The first-order valence-electron chi connectivity index (χ1n) is 14.4. The number of nitrogens with zero attached hydrogens (tertiary/aromatic N) is 4. The summed E-state index contributed by atoms with van der Waals surface area (Å²) in [6.45, 7) is 0.904. The van der Waals surface area contributed by atoms with Crippen LogP contribution in [0.4, 0.5) is 5.95 Å².